The van der Waals surface area contributed by atoms with Gasteiger partial charge in [-0.1, -0.05) is 19.1 Å². The molecule has 2 aromatic rings. The fraction of sp³-hybridized carbons (Fsp3) is 0.556. The molecule has 0 aliphatic carbocycles. The number of imidazole rings is 1. The fourth-order valence-corrected chi connectivity index (χ4v) is 3.61. The van der Waals surface area contributed by atoms with Gasteiger partial charge in [0.05, 0.1) is 11.0 Å². The van der Waals surface area contributed by atoms with Gasteiger partial charge in [-0.15, -0.1) is 0 Å². The molecule has 6 heteroatoms. The molecule has 1 saturated heterocycles. The van der Waals surface area contributed by atoms with E-state index in [-0.39, 0.29) is 24.2 Å². The molecule has 1 atom stereocenters. The average molecular weight is 330 g/mol. The third-order valence-corrected chi connectivity index (χ3v) is 4.79. The van der Waals surface area contributed by atoms with Crippen LogP contribution in [0.5, 0.6) is 0 Å². The SMILES string of the molecule is CCCN(C(=O)Cn1c(=O)n(CC)c2ccccc21)C1CCNC1. The van der Waals surface area contributed by atoms with Crippen molar-refractivity contribution < 1.29 is 4.79 Å². The number of amides is 1. The first-order valence-corrected chi connectivity index (χ1v) is 8.85. The number of aryl methyl sites for hydroxylation is 1. The van der Waals surface area contributed by atoms with Gasteiger partial charge in [-0.25, -0.2) is 4.79 Å². The Labute approximate surface area is 142 Å². The summed E-state index contributed by atoms with van der Waals surface area (Å²) in [6, 6.07) is 7.93. The van der Waals surface area contributed by atoms with E-state index in [1.54, 1.807) is 9.13 Å². The van der Waals surface area contributed by atoms with Gasteiger partial charge < -0.3 is 10.2 Å². The van der Waals surface area contributed by atoms with Crippen LogP contribution in [0.1, 0.15) is 26.7 Å². The van der Waals surface area contributed by atoms with Crippen LogP contribution in [0.15, 0.2) is 29.1 Å². The average Bonchev–Trinajstić information content (AvgIpc) is 3.20. The van der Waals surface area contributed by atoms with Gasteiger partial charge in [0.1, 0.15) is 6.54 Å². The summed E-state index contributed by atoms with van der Waals surface area (Å²) < 4.78 is 3.34. The Balaban J connectivity index is 1.92. The number of hydrogen-bond acceptors (Lipinski definition) is 3. The van der Waals surface area contributed by atoms with Gasteiger partial charge in [-0.05, 0) is 38.4 Å². The molecule has 1 fully saturated rings. The number of fused-ring (bicyclic) bond motifs is 1. The standard InChI is InChI=1S/C18H26N4O2/c1-3-11-21(14-9-10-19-12-14)17(23)13-22-16-8-6-5-7-15(16)20(4-2)18(22)24/h5-8,14,19H,3-4,9-13H2,1-2H3. The highest BCUT2D eigenvalue weighted by Crippen LogP contribution is 2.15. The molecule has 1 N–H and O–H groups in total. The molecule has 3 rings (SSSR count). The molecule has 0 bridgehead atoms. The summed E-state index contributed by atoms with van der Waals surface area (Å²) >= 11 is 0. The molecule has 0 spiro atoms. The number of carbonyl (C=O) groups excluding carboxylic acids is 1. The summed E-state index contributed by atoms with van der Waals surface area (Å²) in [6.45, 7) is 7.29. The lowest BCUT2D eigenvalue weighted by Gasteiger charge is -2.28. The van der Waals surface area contributed by atoms with E-state index < -0.39 is 0 Å². The third kappa shape index (κ3) is 2.98. The minimum atomic E-state index is -0.104. The monoisotopic (exact) mass is 330 g/mol. The van der Waals surface area contributed by atoms with Gasteiger partial charge in [-0.3, -0.25) is 13.9 Å². The zero-order valence-electron chi connectivity index (χ0n) is 14.5. The lowest BCUT2D eigenvalue weighted by atomic mass is 10.2. The first-order valence-electron chi connectivity index (χ1n) is 8.85. The van der Waals surface area contributed by atoms with Gasteiger partial charge >= 0.3 is 5.69 Å². The van der Waals surface area contributed by atoms with E-state index in [2.05, 4.69) is 12.2 Å². The second kappa shape index (κ2) is 7.21. The maximum atomic E-state index is 12.9. The molecular formula is C18H26N4O2. The molecule has 1 amide bonds. The van der Waals surface area contributed by atoms with Gasteiger partial charge in [0.2, 0.25) is 5.91 Å². The minimum absolute atomic E-state index is 0.0339. The number of nitrogens with zero attached hydrogens (tertiary/aromatic N) is 3. The Morgan fingerprint density at radius 2 is 1.96 bits per heavy atom. The largest absolute Gasteiger partial charge is 0.337 e. The van der Waals surface area contributed by atoms with Crippen molar-refractivity contribution in [1.29, 1.82) is 0 Å². The van der Waals surface area contributed by atoms with Gasteiger partial charge in [0.25, 0.3) is 0 Å². The number of rotatable bonds is 6. The molecule has 24 heavy (non-hydrogen) atoms. The first kappa shape index (κ1) is 16.8. The number of hydrogen-bond donors (Lipinski definition) is 1. The molecule has 1 aromatic heterocycles. The van der Waals surface area contributed by atoms with Gasteiger partial charge in [0, 0.05) is 25.7 Å². The van der Waals surface area contributed by atoms with Crippen molar-refractivity contribution in [1.82, 2.24) is 19.4 Å². The summed E-state index contributed by atoms with van der Waals surface area (Å²) in [7, 11) is 0. The molecule has 0 saturated carbocycles. The normalized spacial score (nSPS) is 17.5. The maximum Gasteiger partial charge on any atom is 0.329 e. The topological polar surface area (TPSA) is 59.3 Å². The number of nitrogens with one attached hydrogen (secondary N) is 1. The summed E-state index contributed by atoms with van der Waals surface area (Å²) in [6.07, 6.45) is 1.91. The third-order valence-electron chi connectivity index (χ3n) is 4.79. The van der Waals surface area contributed by atoms with Crippen LogP contribution >= 0.6 is 0 Å². The van der Waals surface area contributed by atoms with E-state index in [9.17, 15) is 9.59 Å². The fourth-order valence-electron chi connectivity index (χ4n) is 3.61. The Hall–Kier alpha value is -2.08. The van der Waals surface area contributed by atoms with Crippen molar-refractivity contribution in [3.63, 3.8) is 0 Å². The summed E-state index contributed by atoms with van der Waals surface area (Å²) in [5.74, 6) is 0.0339. The Morgan fingerprint density at radius 3 is 2.54 bits per heavy atom. The van der Waals surface area contributed by atoms with Crippen molar-refractivity contribution in [2.24, 2.45) is 0 Å². The van der Waals surface area contributed by atoms with E-state index in [0.29, 0.717) is 6.54 Å². The number of para-hydroxylation sites is 2. The van der Waals surface area contributed by atoms with Crippen LogP contribution in [0.3, 0.4) is 0 Å². The van der Waals surface area contributed by atoms with Crippen molar-refractivity contribution in [3.05, 3.63) is 34.7 Å². The highest BCUT2D eigenvalue weighted by Gasteiger charge is 2.27. The molecule has 0 radical (unpaired) electrons. The van der Waals surface area contributed by atoms with Crippen LogP contribution in [0.2, 0.25) is 0 Å². The second-order valence-electron chi connectivity index (χ2n) is 6.34. The summed E-state index contributed by atoms with van der Waals surface area (Å²) in [5.41, 5.74) is 1.62. The molecule has 1 unspecified atom stereocenters. The molecular weight excluding hydrogens is 304 g/mol. The molecule has 1 aromatic carbocycles. The molecule has 2 heterocycles. The predicted molar refractivity (Wildman–Crippen MR) is 95.2 cm³/mol. The highest BCUT2D eigenvalue weighted by molar-refractivity contribution is 5.81. The van der Waals surface area contributed by atoms with E-state index in [0.717, 1.165) is 43.5 Å². The van der Waals surface area contributed by atoms with Crippen molar-refractivity contribution in [2.45, 2.75) is 45.8 Å². The molecule has 1 aliphatic heterocycles. The summed E-state index contributed by atoms with van der Waals surface area (Å²) in [4.78, 5) is 27.6. The Morgan fingerprint density at radius 1 is 1.25 bits per heavy atom. The van der Waals surface area contributed by atoms with Crippen molar-refractivity contribution in [2.75, 3.05) is 19.6 Å². The van der Waals surface area contributed by atoms with E-state index >= 15 is 0 Å². The Kier molecular flexibility index (Phi) is 5.04. The van der Waals surface area contributed by atoms with Crippen LogP contribution in [0.25, 0.3) is 11.0 Å². The second-order valence-corrected chi connectivity index (χ2v) is 6.34. The summed E-state index contributed by atoms with van der Waals surface area (Å²) in [5, 5.41) is 3.32. The number of aromatic nitrogens is 2. The zero-order chi connectivity index (χ0) is 17.1. The smallest absolute Gasteiger partial charge is 0.329 e. The van der Waals surface area contributed by atoms with Crippen molar-refractivity contribution in [3.8, 4) is 0 Å². The zero-order valence-corrected chi connectivity index (χ0v) is 14.5. The quantitative estimate of drug-likeness (QED) is 0.871. The van der Waals surface area contributed by atoms with Crippen LogP contribution < -0.4 is 11.0 Å². The first-order chi connectivity index (χ1) is 11.7. The highest BCUT2D eigenvalue weighted by atomic mass is 16.2. The van der Waals surface area contributed by atoms with E-state index in [4.69, 9.17) is 0 Å². The van der Waals surface area contributed by atoms with E-state index in [1.807, 2.05) is 36.1 Å². The van der Waals surface area contributed by atoms with Crippen LogP contribution in [-0.4, -0.2) is 45.6 Å². The van der Waals surface area contributed by atoms with E-state index in [1.165, 1.54) is 0 Å². The minimum Gasteiger partial charge on any atom is -0.337 e. The van der Waals surface area contributed by atoms with Gasteiger partial charge in [-0.2, -0.15) is 0 Å². The van der Waals surface area contributed by atoms with Crippen LogP contribution in [0, 0.1) is 0 Å². The molecule has 1 aliphatic rings. The lowest BCUT2D eigenvalue weighted by molar-refractivity contribution is -0.133. The number of carbonyl (C=O) groups is 1. The lowest BCUT2D eigenvalue weighted by Crippen LogP contribution is -2.44. The predicted octanol–water partition coefficient (Wildman–Crippen LogP) is 1.42. The maximum absolute atomic E-state index is 12.9. The number of benzene rings is 1. The molecule has 6 nitrogen and oxygen atoms in total. The molecule has 130 valence electrons. The van der Waals surface area contributed by atoms with Crippen LogP contribution in [0.4, 0.5) is 0 Å². The Bertz CT molecular complexity index is 771. The van der Waals surface area contributed by atoms with Gasteiger partial charge in [0.15, 0.2) is 0 Å². The van der Waals surface area contributed by atoms with Crippen LogP contribution in [-0.2, 0) is 17.9 Å². The van der Waals surface area contributed by atoms with Crippen molar-refractivity contribution >= 4 is 16.9 Å².